The van der Waals surface area contributed by atoms with Gasteiger partial charge in [0, 0.05) is 0 Å². The number of rotatable bonds is 15. The third-order valence-electron chi connectivity index (χ3n) is 4.61. The Morgan fingerprint density at radius 2 is 1.31 bits per heavy atom. The van der Waals surface area contributed by atoms with Crippen molar-refractivity contribution in [3.63, 3.8) is 0 Å². The predicted octanol–water partition coefficient (Wildman–Crippen LogP) is 6.65. The molecule has 0 N–H and O–H groups in total. The first-order valence-electron chi connectivity index (χ1n) is 10.5. The van der Waals surface area contributed by atoms with Crippen molar-refractivity contribution in [2.75, 3.05) is 0 Å². The molecule has 0 amide bonds. The van der Waals surface area contributed by atoms with Crippen LogP contribution >= 0.6 is 0 Å². The molecule has 0 unspecified atom stereocenters. The van der Waals surface area contributed by atoms with Crippen molar-refractivity contribution in [2.24, 2.45) is 0 Å². The molecule has 0 spiro atoms. The number of hydrogen-bond acceptors (Lipinski definition) is 3. The molecule has 0 aliphatic rings. The van der Waals surface area contributed by atoms with Crippen LogP contribution in [-0.4, -0.2) is 14.5 Å². The maximum Gasteiger partial charge on any atom is 0.297 e. The smallest absolute Gasteiger partial charge is 0.264 e. The molecule has 0 saturated heterocycles. The summed E-state index contributed by atoms with van der Waals surface area (Å²) in [6.45, 7) is 5.74. The summed E-state index contributed by atoms with van der Waals surface area (Å²) in [5, 5.41) is 0. The van der Waals surface area contributed by atoms with E-state index in [4.69, 9.17) is 4.18 Å². The highest BCUT2D eigenvalue weighted by Gasteiger charge is 2.20. The quantitative estimate of drug-likeness (QED) is 0.252. The molecule has 0 aromatic heterocycles. The van der Waals surface area contributed by atoms with Crippen molar-refractivity contribution in [3.05, 3.63) is 29.8 Å². The lowest BCUT2D eigenvalue weighted by Crippen LogP contribution is -2.14. The van der Waals surface area contributed by atoms with E-state index in [1.807, 2.05) is 12.1 Å². The first-order valence-corrected chi connectivity index (χ1v) is 11.9. The van der Waals surface area contributed by atoms with Gasteiger partial charge in [0.05, 0.1) is 11.0 Å². The van der Waals surface area contributed by atoms with Gasteiger partial charge in [-0.05, 0) is 38.3 Å². The Kier molecular flexibility index (Phi) is 11.9. The van der Waals surface area contributed by atoms with Crippen LogP contribution in [0.3, 0.4) is 0 Å². The summed E-state index contributed by atoms with van der Waals surface area (Å²) in [6.07, 6.45) is 14.7. The normalized spacial score (nSPS) is 12.0. The molecule has 0 heterocycles. The highest BCUT2D eigenvalue weighted by atomic mass is 32.2. The third-order valence-corrected chi connectivity index (χ3v) is 6.19. The molecule has 26 heavy (non-hydrogen) atoms. The van der Waals surface area contributed by atoms with Gasteiger partial charge in [0.25, 0.3) is 10.1 Å². The molecular weight excluding hydrogens is 344 g/mol. The van der Waals surface area contributed by atoms with Crippen molar-refractivity contribution in [2.45, 2.75) is 109 Å². The van der Waals surface area contributed by atoms with Crippen LogP contribution in [0.2, 0.25) is 0 Å². The second-order valence-electron chi connectivity index (χ2n) is 7.49. The third kappa shape index (κ3) is 9.72. The molecule has 0 fully saturated rings. The fourth-order valence-electron chi connectivity index (χ4n) is 3.24. The summed E-state index contributed by atoms with van der Waals surface area (Å²) < 4.78 is 29.8. The second kappa shape index (κ2) is 13.3. The van der Waals surface area contributed by atoms with E-state index in [-0.39, 0.29) is 6.10 Å². The average Bonchev–Trinajstić information content (AvgIpc) is 2.59. The van der Waals surface area contributed by atoms with E-state index in [0.29, 0.717) is 4.90 Å². The molecule has 0 aliphatic carbocycles. The molecular formula is C22H38O3S. The summed E-state index contributed by atoms with van der Waals surface area (Å²) in [7, 11) is -3.65. The number of benzene rings is 1. The summed E-state index contributed by atoms with van der Waals surface area (Å²) in [4.78, 5) is 0.334. The average molecular weight is 383 g/mol. The Balaban J connectivity index is 2.26. The Morgan fingerprint density at radius 3 is 1.85 bits per heavy atom. The summed E-state index contributed by atoms with van der Waals surface area (Å²) in [6, 6.07) is 7.24. The Morgan fingerprint density at radius 1 is 0.808 bits per heavy atom. The molecule has 0 saturated carbocycles. The van der Waals surface area contributed by atoms with E-state index in [2.05, 4.69) is 6.92 Å². The van der Waals surface area contributed by atoms with Gasteiger partial charge < -0.3 is 0 Å². The molecule has 4 heteroatoms. The first kappa shape index (κ1) is 23.2. The minimum atomic E-state index is -3.65. The lowest BCUT2D eigenvalue weighted by molar-refractivity contribution is 0.248. The van der Waals surface area contributed by atoms with Crippen LogP contribution in [0.5, 0.6) is 0 Å². The van der Waals surface area contributed by atoms with Crippen molar-refractivity contribution >= 4 is 10.1 Å². The largest absolute Gasteiger partial charge is 0.297 e. The highest BCUT2D eigenvalue weighted by molar-refractivity contribution is 7.86. The van der Waals surface area contributed by atoms with Crippen LogP contribution in [0.25, 0.3) is 0 Å². The lowest BCUT2D eigenvalue weighted by atomic mass is 10.0. The highest BCUT2D eigenvalue weighted by Crippen LogP contribution is 2.21. The van der Waals surface area contributed by atoms with E-state index in [0.717, 1.165) is 24.8 Å². The van der Waals surface area contributed by atoms with Gasteiger partial charge in [-0.3, -0.25) is 4.18 Å². The van der Waals surface area contributed by atoms with E-state index in [9.17, 15) is 8.42 Å². The fraction of sp³-hybridized carbons (Fsp3) is 0.727. The zero-order valence-corrected chi connectivity index (χ0v) is 17.8. The van der Waals surface area contributed by atoms with E-state index >= 15 is 0 Å². The minimum absolute atomic E-state index is 0.334. The van der Waals surface area contributed by atoms with E-state index in [1.165, 1.54) is 57.8 Å². The van der Waals surface area contributed by atoms with Gasteiger partial charge in [-0.2, -0.15) is 8.42 Å². The second-order valence-corrected chi connectivity index (χ2v) is 9.03. The zero-order valence-electron chi connectivity index (χ0n) is 17.0. The van der Waals surface area contributed by atoms with E-state index < -0.39 is 10.1 Å². The molecule has 1 aromatic rings. The summed E-state index contributed by atoms with van der Waals surface area (Å²) >= 11 is 0. The van der Waals surface area contributed by atoms with Crippen molar-refractivity contribution in [1.82, 2.24) is 0 Å². The van der Waals surface area contributed by atoms with Gasteiger partial charge in [0.15, 0.2) is 0 Å². The molecule has 3 nitrogen and oxygen atoms in total. The predicted molar refractivity (Wildman–Crippen MR) is 110 cm³/mol. The van der Waals surface area contributed by atoms with Crippen molar-refractivity contribution in [1.29, 1.82) is 0 Å². The Labute approximate surface area is 161 Å². The lowest BCUT2D eigenvalue weighted by Gasteiger charge is -2.12. The fourth-order valence-corrected chi connectivity index (χ4v) is 4.59. The van der Waals surface area contributed by atoms with Crippen molar-refractivity contribution in [3.8, 4) is 0 Å². The molecule has 0 aliphatic heterocycles. The zero-order chi connectivity index (χ0) is 19.3. The van der Waals surface area contributed by atoms with Crippen LogP contribution in [0.1, 0.15) is 97.0 Å². The monoisotopic (exact) mass is 382 g/mol. The van der Waals surface area contributed by atoms with Gasteiger partial charge in [-0.1, -0.05) is 89.3 Å². The molecule has 0 bridgehead atoms. The standard InChI is InChI=1S/C22H38O3S/c1-4-5-6-7-8-9-10-11-12-13-14-17-21-18-15-16-19-22(21)26(23,24)25-20(2)3/h15-16,18-20H,4-14,17H2,1-3H3. The van der Waals surface area contributed by atoms with Gasteiger partial charge in [-0.25, -0.2) is 0 Å². The number of unbranched alkanes of at least 4 members (excludes halogenated alkanes) is 10. The maximum absolute atomic E-state index is 12.3. The summed E-state index contributed by atoms with van der Waals surface area (Å²) in [5.41, 5.74) is 0.879. The summed E-state index contributed by atoms with van der Waals surface area (Å²) in [5.74, 6) is 0. The van der Waals surface area contributed by atoms with Crippen LogP contribution in [0.15, 0.2) is 29.2 Å². The van der Waals surface area contributed by atoms with E-state index in [1.54, 1.807) is 26.0 Å². The molecule has 0 radical (unpaired) electrons. The van der Waals surface area contributed by atoms with Gasteiger partial charge in [0.2, 0.25) is 0 Å². The first-order chi connectivity index (χ1) is 12.5. The molecule has 0 atom stereocenters. The molecule has 1 aromatic carbocycles. The Bertz CT molecular complexity index is 579. The van der Waals surface area contributed by atoms with Crippen molar-refractivity contribution < 1.29 is 12.6 Å². The van der Waals surface area contributed by atoms with Gasteiger partial charge >= 0.3 is 0 Å². The molecule has 150 valence electrons. The maximum atomic E-state index is 12.3. The minimum Gasteiger partial charge on any atom is -0.264 e. The van der Waals surface area contributed by atoms with Crippen LogP contribution in [-0.2, 0) is 20.7 Å². The topological polar surface area (TPSA) is 43.4 Å². The Hall–Kier alpha value is -0.870. The van der Waals surface area contributed by atoms with Gasteiger partial charge in [0.1, 0.15) is 0 Å². The van der Waals surface area contributed by atoms with Crippen LogP contribution in [0.4, 0.5) is 0 Å². The van der Waals surface area contributed by atoms with Crippen LogP contribution in [0, 0.1) is 0 Å². The number of aryl methyl sites for hydroxylation is 1. The molecule has 1 rings (SSSR count). The van der Waals surface area contributed by atoms with Crippen LogP contribution < -0.4 is 0 Å². The SMILES string of the molecule is CCCCCCCCCCCCCc1ccccc1S(=O)(=O)OC(C)C. The number of hydrogen-bond donors (Lipinski definition) is 0. The van der Waals surface area contributed by atoms with Gasteiger partial charge in [-0.15, -0.1) is 0 Å².